The van der Waals surface area contributed by atoms with E-state index >= 15 is 0 Å². The van der Waals surface area contributed by atoms with Gasteiger partial charge in [-0.05, 0) is 31.4 Å². The van der Waals surface area contributed by atoms with Crippen LogP contribution in [0.4, 0.5) is 0 Å². The first-order chi connectivity index (χ1) is 8.76. The second-order valence-electron chi connectivity index (χ2n) is 5.05. The quantitative estimate of drug-likeness (QED) is 0.837. The summed E-state index contributed by atoms with van der Waals surface area (Å²) >= 11 is 0. The van der Waals surface area contributed by atoms with E-state index in [1.54, 1.807) is 12.1 Å². The van der Waals surface area contributed by atoms with Crippen molar-refractivity contribution < 1.29 is 13.9 Å². The van der Waals surface area contributed by atoms with Gasteiger partial charge in [-0.15, -0.1) is 0 Å². The number of carbonyl (C=O) groups excluding carboxylic acids is 1. The lowest BCUT2D eigenvalue weighted by molar-refractivity contribution is 0.0857. The number of fused-ring (bicyclic) bond motifs is 2. The summed E-state index contributed by atoms with van der Waals surface area (Å²) in [5, 5.41) is 2.91. The van der Waals surface area contributed by atoms with Crippen molar-refractivity contribution in [2.45, 2.75) is 38.0 Å². The maximum absolute atomic E-state index is 11.9. The van der Waals surface area contributed by atoms with Gasteiger partial charge in [-0.1, -0.05) is 0 Å². The second-order valence-corrected chi connectivity index (χ2v) is 5.05. The Balaban J connectivity index is 1.52. The summed E-state index contributed by atoms with van der Waals surface area (Å²) < 4.78 is 11.1. The molecule has 98 valence electrons. The van der Waals surface area contributed by atoms with E-state index in [9.17, 15) is 4.79 Å². The highest BCUT2D eigenvalue weighted by molar-refractivity contribution is 5.91. The molecule has 0 radical (unpaired) electrons. The van der Waals surface area contributed by atoms with E-state index in [2.05, 4.69) is 5.32 Å². The maximum Gasteiger partial charge on any atom is 0.287 e. The van der Waals surface area contributed by atoms with Crippen LogP contribution < -0.4 is 11.1 Å². The van der Waals surface area contributed by atoms with Gasteiger partial charge in [-0.25, -0.2) is 0 Å². The summed E-state index contributed by atoms with van der Waals surface area (Å²) in [5.41, 5.74) is 5.44. The fraction of sp³-hybridized carbons (Fsp3) is 0.615. The van der Waals surface area contributed by atoms with Crippen molar-refractivity contribution >= 4 is 5.91 Å². The van der Waals surface area contributed by atoms with Crippen LogP contribution in [0.25, 0.3) is 0 Å². The lowest BCUT2D eigenvalue weighted by Gasteiger charge is -2.18. The zero-order valence-corrected chi connectivity index (χ0v) is 10.2. The molecule has 0 aliphatic carbocycles. The van der Waals surface area contributed by atoms with Gasteiger partial charge >= 0.3 is 0 Å². The van der Waals surface area contributed by atoms with Crippen LogP contribution in [0.2, 0.25) is 0 Å². The molecule has 0 aromatic carbocycles. The fourth-order valence-corrected chi connectivity index (χ4v) is 2.88. The second kappa shape index (κ2) is 4.74. The van der Waals surface area contributed by atoms with E-state index in [4.69, 9.17) is 14.9 Å². The van der Waals surface area contributed by atoms with Gasteiger partial charge in [0.1, 0.15) is 5.76 Å². The van der Waals surface area contributed by atoms with E-state index < -0.39 is 0 Å². The van der Waals surface area contributed by atoms with Crippen molar-refractivity contribution in [3.8, 4) is 0 Å². The van der Waals surface area contributed by atoms with Gasteiger partial charge in [-0.2, -0.15) is 0 Å². The highest BCUT2D eigenvalue weighted by Gasteiger charge is 2.40. The number of nitrogens with two attached hydrogens (primary N) is 1. The third kappa shape index (κ3) is 2.15. The van der Waals surface area contributed by atoms with Crippen molar-refractivity contribution in [3.05, 3.63) is 23.7 Å². The van der Waals surface area contributed by atoms with Crippen molar-refractivity contribution in [1.29, 1.82) is 0 Å². The minimum Gasteiger partial charge on any atom is -0.455 e. The van der Waals surface area contributed by atoms with Gasteiger partial charge in [0.25, 0.3) is 5.91 Å². The van der Waals surface area contributed by atoms with Gasteiger partial charge in [0.15, 0.2) is 5.76 Å². The van der Waals surface area contributed by atoms with Gasteiger partial charge in [0.05, 0.1) is 18.8 Å². The Labute approximate surface area is 106 Å². The number of furan rings is 1. The Kier molecular flexibility index (Phi) is 3.09. The molecule has 0 spiro atoms. The molecule has 1 aromatic heterocycles. The summed E-state index contributed by atoms with van der Waals surface area (Å²) in [6.07, 6.45) is 4.13. The smallest absolute Gasteiger partial charge is 0.287 e. The number of amides is 1. The monoisotopic (exact) mass is 250 g/mol. The summed E-state index contributed by atoms with van der Waals surface area (Å²) in [5.74, 6) is 1.25. The fourth-order valence-electron chi connectivity index (χ4n) is 2.88. The first-order valence-corrected chi connectivity index (χ1v) is 6.48. The SMILES string of the molecule is NCc1ccc(C(=O)NCC2CC3CCC2O3)o1. The lowest BCUT2D eigenvalue weighted by Crippen LogP contribution is -2.33. The number of hydrogen-bond donors (Lipinski definition) is 2. The predicted molar refractivity (Wildman–Crippen MR) is 64.9 cm³/mol. The Hall–Kier alpha value is -1.33. The topological polar surface area (TPSA) is 77.5 Å². The van der Waals surface area contributed by atoms with Crippen LogP contribution in [0.5, 0.6) is 0 Å². The summed E-state index contributed by atoms with van der Waals surface area (Å²) in [6.45, 7) is 0.978. The van der Waals surface area contributed by atoms with E-state index in [0.29, 0.717) is 42.7 Å². The van der Waals surface area contributed by atoms with Crippen LogP contribution >= 0.6 is 0 Å². The minimum atomic E-state index is -0.169. The highest BCUT2D eigenvalue weighted by Crippen LogP contribution is 2.38. The standard InChI is InChI=1S/C13H18N2O3/c14-6-10-2-4-12(18-10)13(16)15-7-8-5-9-1-3-11(8)17-9/h2,4,8-9,11H,1,3,5-7,14H2,(H,15,16). The largest absolute Gasteiger partial charge is 0.455 e. The zero-order chi connectivity index (χ0) is 12.5. The van der Waals surface area contributed by atoms with Gasteiger partial charge in [-0.3, -0.25) is 4.79 Å². The molecule has 3 rings (SSSR count). The number of nitrogens with one attached hydrogen (secondary N) is 1. The van der Waals surface area contributed by atoms with Crippen LogP contribution in [-0.2, 0) is 11.3 Å². The van der Waals surface area contributed by atoms with Crippen LogP contribution in [-0.4, -0.2) is 24.7 Å². The van der Waals surface area contributed by atoms with Gasteiger partial charge < -0.3 is 20.2 Å². The number of hydrogen-bond acceptors (Lipinski definition) is 4. The van der Waals surface area contributed by atoms with Crippen molar-refractivity contribution in [2.24, 2.45) is 11.7 Å². The predicted octanol–water partition coefficient (Wildman–Crippen LogP) is 1.04. The molecule has 1 aromatic rings. The molecular weight excluding hydrogens is 232 g/mol. The van der Waals surface area contributed by atoms with E-state index in [-0.39, 0.29) is 5.91 Å². The molecular formula is C13H18N2O3. The van der Waals surface area contributed by atoms with Gasteiger partial charge in [0, 0.05) is 12.5 Å². The first-order valence-electron chi connectivity index (χ1n) is 6.48. The molecule has 2 bridgehead atoms. The molecule has 3 atom stereocenters. The Morgan fingerprint density at radius 3 is 2.94 bits per heavy atom. The molecule has 2 aliphatic rings. The first kappa shape index (κ1) is 11.7. The molecule has 3 unspecified atom stereocenters. The highest BCUT2D eigenvalue weighted by atomic mass is 16.5. The Morgan fingerprint density at radius 1 is 1.44 bits per heavy atom. The number of rotatable bonds is 4. The van der Waals surface area contributed by atoms with Crippen LogP contribution in [0, 0.1) is 5.92 Å². The molecule has 2 aliphatic heterocycles. The molecule has 5 heteroatoms. The molecule has 3 heterocycles. The maximum atomic E-state index is 11.9. The molecule has 1 amide bonds. The Morgan fingerprint density at radius 2 is 2.33 bits per heavy atom. The lowest BCUT2D eigenvalue weighted by atomic mass is 9.89. The van der Waals surface area contributed by atoms with Crippen molar-refractivity contribution in [2.75, 3.05) is 6.54 Å². The molecule has 3 N–H and O–H groups in total. The van der Waals surface area contributed by atoms with E-state index in [0.717, 1.165) is 12.8 Å². The molecule has 5 nitrogen and oxygen atoms in total. The third-order valence-corrected chi connectivity index (χ3v) is 3.84. The van der Waals surface area contributed by atoms with Gasteiger partial charge in [0.2, 0.25) is 0 Å². The Bertz CT molecular complexity index is 443. The van der Waals surface area contributed by atoms with E-state index in [1.165, 1.54) is 6.42 Å². The summed E-state index contributed by atoms with van der Waals surface area (Å²) in [7, 11) is 0. The minimum absolute atomic E-state index is 0.169. The number of carbonyl (C=O) groups is 1. The van der Waals surface area contributed by atoms with Crippen LogP contribution in [0.1, 0.15) is 35.6 Å². The molecule has 2 saturated heterocycles. The number of ether oxygens (including phenoxy) is 1. The molecule has 18 heavy (non-hydrogen) atoms. The van der Waals surface area contributed by atoms with Crippen LogP contribution in [0.15, 0.2) is 16.5 Å². The molecule has 0 saturated carbocycles. The normalized spacial score (nSPS) is 29.7. The average Bonchev–Trinajstić information content (AvgIpc) is 3.10. The van der Waals surface area contributed by atoms with Crippen molar-refractivity contribution in [3.63, 3.8) is 0 Å². The summed E-state index contributed by atoms with van der Waals surface area (Å²) in [4.78, 5) is 11.9. The van der Waals surface area contributed by atoms with Crippen molar-refractivity contribution in [1.82, 2.24) is 5.32 Å². The zero-order valence-electron chi connectivity index (χ0n) is 10.2. The molecule has 2 fully saturated rings. The summed E-state index contributed by atoms with van der Waals surface area (Å²) in [6, 6.07) is 3.39. The third-order valence-electron chi connectivity index (χ3n) is 3.84. The van der Waals surface area contributed by atoms with Crippen LogP contribution in [0.3, 0.4) is 0 Å². The van der Waals surface area contributed by atoms with E-state index in [1.807, 2.05) is 0 Å². The average molecular weight is 250 g/mol.